The summed E-state index contributed by atoms with van der Waals surface area (Å²) >= 11 is 0. The first kappa shape index (κ1) is 12.2. The van der Waals surface area contributed by atoms with Gasteiger partial charge in [0.05, 0.1) is 0 Å². The Morgan fingerprint density at radius 3 is 2.76 bits per heavy atom. The quantitative estimate of drug-likeness (QED) is 0.796. The Morgan fingerprint density at radius 2 is 2.06 bits per heavy atom. The monoisotopic (exact) mass is 231 g/mol. The number of Topliss-reactive ketones (excluding diaryl/α,β-unsaturated/α-hetero) is 1. The first-order valence-corrected chi connectivity index (χ1v) is 6.48. The predicted octanol–water partition coefficient (Wildman–Crippen LogP) is 3.19. The second-order valence-electron chi connectivity index (χ2n) is 5.08. The molecule has 0 amide bonds. The van der Waals surface area contributed by atoms with Crippen LogP contribution in [0.2, 0.25) is 0 Å². The Morgan fingerprint density at radius 1 is 1.29 bits per heavy atom. The lowest BCUT2D eigenvalue weighted by atomic mass is 9.87. The fourth-order valence-corrected chi connectivity index (χ4v) is 2.67. The average molecular weight is 231 g/mol. The smallest absolute Gasteiger partial charge is 0.137 e. The molecule has 0 heterocycles. The van der Waals surface area contributed by atoms with Crippen LogP contribution in [0.1, 0.15) is 31.2 Å². The number of anilines is 1. The number of hydrogen-bond acceptors (Lipinski definition) is 2. The van der Waals surface area contributed by atoms with E-state index >= 15 is 0 Å². The summed E-state index contributed by atoms with van der Waals surface area (Å²) in [5, 5.41) is 0. The Balaban J connectivity index is 2.03. The molecular weight excluding hydrogens is 210 g/mol. The SMILES string of the molecule is Cc1ccccc1N(C)CC1CCCCC1=O. The molecule has 1 aromatic carbocycles. The highest BCUT2D eigenvalue weighted by molar-refractivity contribution is 5.82. The highest BCUT2D eigenvalue weighted by Gasteiger charge is 2.23. The lowest BCUT2D eigenvalue weighted by Crippen LogP contribution is -2.32. The summed E-state index contributed by atoms with van der Waals surface area (Å²) < 4.78 is 0. The molecule has 0 aromatic heterocycles. The number of aryl methyl sites for hydroxylation is 1. The molecule has 1 aromatic rings. The molecule has 2 rings (SSSR count). The van der Waals surface area contributed by atoms with Crippen molar-refractivity contribution < 1.29 is 4.79 Å². The molecule has 0 spiro atoms. The van der Waals surface area contributed by atoms with Gasteiger partial charge >= 0.3 is 0 Å². The topological polar surface area (TPSA) is 20.3 Å². The lowest BCUT2D eigenvalue weighted by molar-refractivity contribution is -0.124. The number of para-hydroxylation sites is 1. The van der Waals surface area contributed by atoms with Gasteiger partial charge in [-0.1, -0.05) is 24.6 Å². The van der Waals surface area contributed by atoms with E-state index in [1.165, 1.54) is 17.7 Å². The van der Waals surface area contributed by atoms with Crippen molar-refractivity contribution in [3.8, 4) is 0 Å². The molecule has 2 nitrogen and oxygen atoms in total. The van der Waals surface area contributed by atoms with Gasteiger partial charge < -0.3 is 4.90 Å². The van der Waals surface area contributed by atoms with Crippen molar-refractivity contribution in [2.45, 2.75) is 32.6 Å². The Hall–Kier alpha value is -1.31. The van der Waals surface area contributed by atoms with Crippen LogP contribution in [-0.4, -0.2) is 19.4 Å². The molecule has 1 saturated carbocycles. The maximum atomic E-state index is 11.8. The third kappa shape index (κ3) is 2.87. The van der Waals surface area contributed by atoms with Gasteiger partial charge in [0, 0.05) is 31.6 Å². The van der Waals surface area contributed by atoms with Crippen LogP contribution in [0.15, 0.2) is 24.3 Å². The number of benzene rings is 1. The Labute approximate surface area is 104 Å². The summed E-state index contributed by atoms with van der Waals surface area (Å²) in [4.78, 5) is 14.0. The lowest BCUT2D eigenvalue weighted by Gasteiger charge is -2.28. The van der Waals surface area contributed by atoms with Crippen LogP contribution in [0, 0.1) is 12.8 Å². The summed E-state index contributed by atoms with van der Waals surface area (Å²) in [6.45, 7) is 2.98. The van der Waals surface area contributed by atoms with Crippen molar-refractivity contribution >= 4 is 11.5 Å². The van der Waals surface area contributed by atoms with Gasteiger partial charge in [0.15, 0.2) is 0 Å². The average Bonchev–Trinajstić information content (AvgIpc) is 2.32. The van der Waals surface area contributed by atoms with Crippen LogP contribution in [0.25, 0.3) is 0 Å². The van der Waals surface area contributed by atoms with Gasteiger partial charge in [-0.25, -0.2) is 0 Å². The van der Waals surface area contributed by atoms with Crippen LogP contribution in [0.5, 0.6) is 0 Å². The number of ketones is 1. The molecule has 0 saturated heterocycles. The molecular formula is C15H21NO. The van der Waals surface area contributed by atoms with E-state index in [4.69, 9.17) is 0 Å². The molecule has 1 unspecified atom stereocenters. The summed E-state index contributed by atoms with van der Waals surface area (Å²) in [5.74, 6) is 0.699. The van der Waals surface area contributed by atoms with Gasteiger partial charge in [0.25, 0.3) is 0 Å². The number of rotatable bonds is 3. The minimum absolute atomic E-state index is 0.244. The maximum Gasteiger partial charge on any atom is 0.137 e. The molecule has 0 bridgehead atoms. The molecule has 1 fully saturated rings. The first-order valence-electron chi connectivity index (χ1n) is 6.48. The van der Waals surface area contributed by atoms with E-state index in [-0.39, 0.29) is 5.92 Å². The maximum absolute atomic E-state index is 11.8. The van der Waals surface area contributed by atoms with E-state index in [1.807, 2.05) is 0 Å². The van der Waals surface area contributed by atoms with Crippen LogP contribution < -0.4 is 4.90 Å². The summed E-state index contributed by atoms with van der Waals surface area (Å²) in [7, 11) is 2.09. The van der Waals surface area contributed by atoms with Gasteiger partial charge in [-0.2, -0.15) is 0 Å². The van der Waals surface area contributed by atoms with Crippen molar-refractivity contribution in [3.05, 3.63) is 29.8 Å². The number of nitrogens with zero attached hydrogens (tertiary/aromatic N) is 1. The molecule has 1 aliphatic rings. The normalized spacial score (nSPS) is 20.4. The zero-order chi connectivity index (χ0) is 12.3. The summed E-state index contributed by atoms with van der Waals surface area (Å²) in [6.07, 6.45) is 4.14. The molecule has 2 heteroatoms. The van der Waals surface area contributed by atoms with E-state index in [0.717, 1.165) is 25.8 Å². The standard InChI is InChI=1S/C15H21NO/c1-12-7-3-5-9-14(12)16(2)11-13-8-4-6-10-15(13)17/h3,5,7,9,13H,4,6,8,10-11H2,1-2H3. The second kappa shape index (κ2) is 5.35. The van der Waals surface area contributed by atoms with Crippen molar-refractivity contribution in [2.24, 2.45) is 5.92 Å². The van der Waals surface area contributed by atoms with E-state index in [2.05, 4.69) is 43.1 Å². The minimum Gasteiger partial charge on any atom is -0.374 e. The minimum atomic E-state index is 0.244. The zero-order valence-electron chi connectivity index (χ0n) is 10.8. The van der Waals surface area contributed by atoms with Gasteiger partial charge in [-0.15, -0.1) is 0 Å². The Kier molecular flexibility index (Phi) is 3.82. The van der Waals surface area contributed by atoms with Gasteiger partial charge in [0.1, 0.15) is 5.78 Å². The molecule has 92 valence electrons. The number of carbonyl (C=O) groups excluding carboxylic acids is 1. The van der Waals surface area contributed by atoms with Crippen molar-refractivity contribution in [3.63, 3.8) is 0 Å². The van der Waals surface area contributed by atoms with E-state index < -0.39 is 0 Å². The van der Waals surface area contributed by atoms with Crippen LogP contribution in [0.4, 0.5) is 5.69 Å². The molecule has 1 atom stereocenters. The van der Waals surface area contributed by atoms with Crippen LogP contribution in [0.3, 0.4) is 0 Å². The van der Waals surface area contributed by atoms with Crippen LogP contribution >= 0.6 is 0 Å². The largest absolute Gasteiger partial charge is 0.374 e. The third-order valence-electron chi connectivity index (χ3n) is 3.70. The van der Waals surface area contributed by atoms with E-state index in [1.54, 1.807) is 0 Å². The zero-order valence-corrected chi connectivity index (χ0v) is 10.8. The fraction of sp³-hybridized carbons (Fsp3) is 0.533. The van der Waals surface area contributed by atoms with Crippen LogP contribution in [-0.2, 0) is 4.79 Å². The van der Waals surface area contributed by atoms with Crippen molar-refractivity contribution in [1.82, 2.24) is 0 Å². The van der Waals surface area contributed by atoms with E-state index in [0.29, 0.717) is 5.78 Å². The molecule has 0 radical (unpaired) electrons. The summed E-state index contributed by atoms with van der Waals surface area (Å²) in [6, 6.07) is 8.36. The van der Waals surface area contributed by atoms with Gasteiger partial charge in [-0.05, 0) is 31.4 Å². The molecule has 17 heavy (non-hydrogen) atoms. The van der Waals surface area contributed by atoms with Crippen molar-refractivity contribution in [1.29, 1.82) is 0 Å². The number of hydrogen-bond donors (Lipinski definition) is 0. The highest BCUT2D eigenvalue weighted by Crippen LogP contribution is 2.24. The highest BCUT2D eigenvalue weighted by atomic mass is 16.1. The molecule has 0 aliphatic heterocycles. The van der Waals surface area contributed by atoms with Crippen molar-refractivity contribution in [2.75, 3.05) is 18.5 Å². The van der Waals surface area contributed by atoms with Gasteiger partial charge in [0.2, 0.25) is 0 Å². The predicted molar refractivity (Wildman–Crippen MR) is 71.4 cm³/mol. The fourth-order valence-electron chi connectivity index (χ4n) is 2.67. The number of carbonyl (C=O) groups is 1. The third-order valence-corrected chi connectivity index (χ3v) is 3.70. The first-order chi connectivity index (χ1) is 8.18. The molecule has 1 aliphatic carbocycles. The second-order valence-corrected chi connectivity index (χ2v) is 5.08. The Bertz CT molecular complexity index is 400. The molecule has 0 N–H and O–H groups in total. The van der Waals surface area contributed by atoms with Gasteiger partial charge in [-0.3, -0.25) is 4.79 Å². The summed E-state index contributed by atoms with van der Waals surface area (Å²) in [5.41, 5.74) is 2.52. The van der Waals surface area contributed by atoms with E-state index in [9.17, 15) is 4.79 Å².